The summed E-state index contributed by atoms with van der Waals surface area (Å²) in [7, 11) is 2.03. The van der Waals surface area contributed by atoms with Crippen LogP contribution in [0.1, 0.15) is 48.9 Å². The topological polar surface area (TPSA) is 88.8 Å². The van der Waals surface area contributed by atoms with Gasteiger partial charge in [-0.1, -0.05) is 12.6 Å². The summed E-state index contributed by atoms with van der Waals surface area (Å²) in [6, 6.07) is 5.58. The van der Waals surface area contributed by atoms with E-state index >= 15 is 0 Å². The van der Waals surface area contributed by atoms with E-state index < -0.39 is 29.1 Å². The molecule has 3 aliphatic heterocycles. The average Bonchev–Trinajstić information content (AvgIpc) is 3.63. The van der Waals surface area contributed by atoms with Crippen LogP contribution in [-0.2, 0) is 23.9 Å². The molecule has 4 aliphatic rings. The van der Waals surface area contributed by atoms with Crippen molar-refractivity contribution in [3.8, 4) is 12.1 Å². The predicted molar refractivity (Wildman–Crippen MR) is 155 cm³/mol. The number of benzene rings is 1. The number of hydrogen-bond acceptors (Lipinski definition) is 8. The van der Waals surface area contributed by atoms with E-state index in [2.05, 4.69) is 17.5 Å². The van der Waals surface area contributed by atoms with Gasteiger partial charge in [-0.05, 0) is 57.5 Å². The highest BCUT2D eigenvalue weighted by atomic mass is 19.4. The Morgan fingerprint density at radius 1 is 1.23 bits per heavy atom. The van der Waals surface area contributed by atoms with Gasteiger partial charge in [0, 0.05) is 43.2 Å². The highest BCUT2D eigenvalue weighted by Gasteiger charge is 2.54. The average molecular weight is 614 g/mol. The van der Waals surface area contributed by atoms with Crippen molar-refractivity contribution in [1.82, 2.24) is 19.8 Å². The molecule has 234 valence electrons. The number of nitriles is 1. The smallest absolute Gasteiger partial charge is 0.421 e. The van der Waals surface area contributed by atoms with Crippen molar-refractivity contribution in [3.05, 3.63) is 53.5 Å². The maximum absolute atomic E-state index is 14.7. The lowest BCUT2D eigenvalue weighted by Crippen LogP contribution is -2.55. The number of rotatable bonds is 7. The first-order chi connectivity index (χ1) is 21.0. The monoisotopic (exact) mass is 613 g/mol. The Morgan fingerprint density at radius 2 is 2.02 bits per heavy atom. The number of alkyl halides is 3. The molecule has 3 fully saturated rings. The molecule has 6 rings (SSSR count). The number of nitrogens with zero attached hydrogens (tertiary/aromatic N) is 7. The van der Waals surface area contributed by atoms with Crippen molar-refractivity contribution < 1.29 is 27.1 Å². The SMILES string of the molecule is C=CC(=O)N1CCN(c2nc(OC[C@@H]3CCCN3C)nc3c2CC2(CC2)N(c2cccc(F)c2C(F)(F)F)C3)C[C@@H]1CC#N. The van der Waals surface area contributed by atoms with Gasteiger partial charge in [0.25, 0.3) is 0 Å². The summed E-state index contributed by atoms with van der Waals surface area (Å²) in [5, 5.41) is 9.50. The van der Waals surface area contributed by atoms with E-state index in [1.807, 2.05) is 11.9 Å². The molecule has 1 spiro atoms. The van der Waals surface area contributed by atoms with Crippen molar-refractivity contribution in [1.29, 1.82) is 5.26 Å². The number of amides is 1. The molecule has 0 N–H and O–H groups in total. The molecule has 2 aromatic rings. The summed E-state index contributed by atoms with van der Waals surface area (Å²) in [6.07, 6.45) is 0.194. The van der Waals surface area contributed by atoms with Crippen molar-refractivity contribution in [2.24, 2.45) is 0 Å². The number of ether oxygens (including phenoxy) is 1. The molecule has 9 nitrogen and oxygen atoms in total. The first-order valence-electron chi connectivity index (χ1n) is 15.0. The van der Waals surface area contributed by atoms with Gasteiger partial charge in [-0.25, -0.2) is 4.39 Å². The minimum Gasteiger partial charge on any atom is -0.462 e. The van der Waals surface area contributed by atoms with Crippen LogP contribution in [-0.4, -0.2) is 83.1 Å². The van der Waals surface area contributed by atoms with E-state index in [4.69, 9.17) is 14.7 Å². The Bertz CT molecular complexity index is 1490. The Labute approximate surface area is 253 Å². The second-order valence-corrected chi connectivity index (χ2v) is 12.2. The zero-order chi connectivity index (χ0) is 31.2. The number of piperazine rings is 1. The van der Waals surface area contributed by atoms with Gasteiger partial charge in [-0.3, -0.25) is 4.79 Å². The van der Waals surface area contributed by atoms with E-state index in [1.54, 1.807) is 9.80 Å². The fraction of sp³-hybridized carbons (Fsp3) is 0.548. The maximum atomic E-state index is 14.7. The van der Waals surface area contributed by atoms with Gasteiger partial charge < -0.3 is 24.3 Å². The van der Waals surface area contributed by atoms with E-state index in [9.17, 15) is 27.6 Å². The van der Waals surface area contributed by atoms with Gasteiger partial charge >= 0.3 is 12.2 Å². The second kappa shape index (κ2) is 11.5. The Kier molecular flexibility index (Phi) is 7.90. The lowest BCUT2D eigenvalue weighted by atomic mass is 9.93. The summed E-state index contributed by atoms with van der Waals surface area (Å²) < 4.78 is 63.2. The number of aromatic nitrogens is 2. The molecule has 2 saturated heterocycles. The first kappa shape index (κ1) is 30.1. The van der Waals surface area contributed by atoms with Crippen LogP contribution < -0.4 is 14.5 Å². The summed E-state index contributed by atoms with van der Waals surface area (Å²) in [5.41, 5.74) is -0.747. The zero-order valence-corrected chi connectivity index (χ0v) is 24.6. The molecule has 2 atom stereocenters. The minimum atomic E-state index is -4.87. The van der Waals surface area contributed by atoms with Crippen LogP contribution in [0.15, 0.2) is 30.9 Å². The predicted octanol–water partition coefficient (Wildman–Crippen LogP) is 4.32. The minimum absolute atomic E-state index is 0.0353. The van der Waals surface area contributed by atoms with E-state index in [0.29, 0.717) is 57.0 Å². The maximum Gasteiger partial charge on any atom is 0.421 e. The van der Waals surface area contributed by atoms with Crippen LogP contribution in [0.2, 0.25) is 0 Å². The zero-order valence-electron chi connectivity index (χ0n) is 24.6. The molecule has 1 aliphatic carbocycles. The van der Waals surface area contributed by atoms with Crippen LogP contribution in [0.3, 0.4) is 0 Å². The van der Waals surface area contributed by atoms with Gasteiger partial charge in [0.1, 0.15) is 23.8 Å². The van der Waals surface area contributed by atoms with Crippen molar-refractivity contribution in [2.75, 3.05) is 49.6 Å². The number of carbonyl (C=O) groups excluding carboxylic acids is 1. The van der Waals surface area contributed by atoms with Crippen molar-refractivity contribution in [2.45, 2.75) is 68.9 Å². The van der Waals surface area contributed by atoms with Crippen LogP contribution in [0.25, 0.3) is 0 Å². The first-order valence-corrected chi connectivity index (χ1v) is 15.0. The fourth-order valence-corrected chi connectivity index (χ4v) is 6.92. The Hall–Kier alpha value is -3.92. The van der Waals surface area contributed by atoms with Crippen molar-refractivity contribution in [3.63, 3.8) is 0 Å². The summed E-state index contributed by atoms with van der Waals surface area (Å²) in [4.78, 5) is 29.6. The molecule has 0 radical (unpaired) electrons. The highest BCUT2D eigenvalue weighted by molar-refractivity contribution is 5.87. The van der Waals surface area contributed by atoms with Gasteiger partial charge in [0.15, 0.2) is 0 Å². The van der Waals surface area contributed by atoms with Crippen LogP contribution >= 0.6 is 0 Å². The molecule has 0 unspecified atom stereocenters. The number of hydrogen-bond donors (Lipinski definition) is 0. The van der Waals surface area contributed by atoms with Crippen molar-refractivity contribution >= 4 is 17.4 Å². The largest absolute Gasteiger partial charge is 0.462 e. The Balaban J connectivity index is 1.39. The highest BCUT2D eigenvalue weighted by Crippen LogP contribution is 2.54. The lowest BCUT2D eigenvalue weighted by molar-refractivity contribution is -0.139. The molecule has 44 heavy (non-hydrogen) atoms. The van der Waals surface area contributed by atoms with E-state index in [1.165, 1.54) is 18.2 Å². The molecule has 1 saturated carbocycles. The van der Waals surface area contributed by atoms with Gasteiger partial charge in [0.05, 0.1) is 36.5 Å². The lowest BCUT2D eigenvalue weighted by Gasteiger charge is -2.44. The second-order valence-electron chi connectivity index (χ2n) is 12.2. The van der Waals surface area contributed by atoms with Crippen LogP contribution in [0, 0.1) is 17.1 Å². The van der Waals surface area contributed by atoms with E-state index in [-0.39, 0.29) is 36.6 Å². The molecular formula is C31H35F4N7O2. The van der Waals surface area contributed by atoms with Gasteiger partial charge in [-0.2, -0.15) is 28.4 Å². The molecule has 0 bridgehead atoms. The molecule has 1 aromatic heterocycles. The fourth-order valence-electron chi connectivity index (χ4n) is 6.92. The number of carbonyl (C=O) groups is 1. The number of likely N-dealkylation sites (tertiary alicyclic amines) is 1. The molecule has 1 amide bonds. The van der Waals surface area contributed by atoms with Gasteiger partial charge in [-0.15, -0.1) is 0 Å². The third-order valence-electron chi connectivity index (χ3n) is 9.47. The number of halogens is 4. The molecule has 4 heterocycles. The third kappa shape index (κ3) is 5.56. The molecule has 1 aromatic carbocycles. The molecular weight excluding hydrogens is 578 g/mol. The normalized spacial score (nSPS) is 23.0. The number of fused-ring (bicyclic) bond motifs is 1. The Morgan fingerprint density at radius 3 is 2.68 bits per heavy atom. The van der Waals surface area contributed by atoms with Crippen LogP contribution in [0.4, 0.5) is 29.1 Å². The summed E-state index contributed by atoms with van der Waals surface area (Å²) >= 11 is 0. The van der Waals surface area contributed by atoms with Crippen LogP contribution in [0.5, 0.6) is 6.01 Å². The quantitative estimate of drug-likeness (QED) is 0.337. The summed E-state index contributed by atoms with van der Waals surface area (Å²) in [5.74, 6) is -0.942. The van der Waals surface area contributed by atoms with Gasteiger partial charge in [0.2, 0.25) is 5.91 Å². The number of likely N-dealkylation sites (N-methyl/N-ethyl adjacent to an activating group) is 1. The van der Waals surface area contributed by atoms with E-state index in [0.717, 1.165) is 31.0 Å². The molecule has 13 heteroatoms. The number of anilines is 2. The summed E-state index contributed by atoms with van der Waals surface area (Å²) in [6.45, 7) is 6.09. The third-order valence-corrected chi connectivity index (χ3v) is 9.47. The standard InChI is InChI=1S/C31H35F4N7O2/c1-3-26(43)41-15-14-40(17-20(41)9-12-36)28-22-16-30(10-11-30)42(25-8-4-7-23(32)27(25)31(33,34)35)18-24(22)37-29(38-28)44-19-21-6-5-13-39(21)2/h3-4,7-8,20-21H,1,5-6,9-11,13-19H2,2H3/t20-,21-/m0/s1.